The van der Waals surface area contributed by atoms with E-state index >= 15 is 0 Å². The first kappa shape index (κ1) is 15.9. The standard InChI is InChI=1S/C18H22ClNO/c1-15(2)13-18(19)20(14-16-9-5-3-6-10-16)21-17-11-7-4-8-12-17/h3-12,15,18H,13-14H2,1-2H3. The molecule has 1 unspecified atom stereocenters. The Kier molecular flexibility index (Phi) is 6.09. The minimum Gasteiger partial charge on any atom is -0.404 e. The van der Waals surface area contributed by atoms with Crippen LogP contribution in [-0.4, -0.2) is 10.6 Å². The Morgan fingerprint density at radius 1 is 0.952 bits per heavy atom. The van der Waals surface area contributed by atoms with Gasteiger partial charge >= 0.3 is 0 Å². The van der Waals surface area contributed by atoms with Gasteiger partial charge in [-0.05, 0) is 30.0 Å². The van der Waals surface area contributed by atoms with Gasteiger partial charge in [-0.2, -0.15) is 0 Å². The van der Waals surface area contributed by atoms with Gasteiger partial charge in [0.25, 0.3) is 0 Å². The zero-order valence-corrected chi connectivity index (χ0v) is 13.3. The number of rotatable bonds is 7. The smallest absolute Gasteiger partial charge is 0.147 e. The lowest BCUT2D eigenvalue weighted by atomic mass is 10.1. The van der Waals surface area contributed by atoms with Gasteiger partial charge in [0.2, 0.25) is 0 Å². The van der Waals surface area contributed by atoms with Crippen LogP contribution in [-0.2, 0) is 6.54 Å². The maximum Gasteiger partial charge on any atom is 0.147 e. The third-order valence-electron chi connectivity index (χ3n) is 3.13. The molecule has 0 aliphatic heterocycles. The molecule has 0 fully saturated rings. The zero-order chi connectivity index (χ0) is 15.1. The van der Waals surface area contributed by atoms with E-state index in [4.69, 9.17) is 16.4 Å². The van der Waals surface area contributed by atoms with Crippen LogP contribution in [0.3, 0.4) is 0 Å². The molecule has 2 rings (SSSR count). The molecule has 2 nitrogen and oxygen atoms in total. The predicted octanol–water partition coefficient (Wildman–Crippen LogP) is 5.09. The fourth-order valence-corrected chi connectivity index (χ4v) is 2.54. The maximum atomic E-state index is 6.54. The Labute approximate surface area is 132 Å². The summed E-state index contributed by atoms with van der Waals surface area (Å²) in [6.07, 6.45) is 0.876. The number of alkyl halides is 1. The second kappa shape index (κ2) is 8.06. The molecular formula is C18H22ClNO. The first-order chi connectivity index (χ1) is 10.1. The van der Waals surface area contributed by atoms with Gasteiger partial charge in [0.1, 0.15) is 11.3 Å². The van der Waals surface area contributed by atoms with E-state index in [1.54, 1.807) is 0 Å². The summed E-state index contributed by atoms with van der Waals surface area (Å²) in [5.74, 6) is 1.33. The van der Waals surface area contributed by atoms with Crippen molar-refractivity contribution in [3.63, 3.8) is 0 Å². The number of hydroxylamine groups is 2. The van der Waals surface area contributed by atoms with E-state index in [0.29, 0.717) is 12.5 Å². The highest BCUT2D eigenvalue weighted by Gasteiger charge is 2.19. The molecule has 0 saturated heterocycles. The monoisotopic (exact) mass is 303 g/mol. The van der Waals surface area contributed by atoms with Crippen molar-refractivity contribution in [2.75, 3.05) is 0 Å². The molecule has 2 aromatic carbocycles. The van der Waals surface area contributed by atoms with Crippen LogP contribution in [0, 0.1) is 5.92 Å². The summed E-state index contributed by atoms with van der Waals surface area (Å²) in [5, 5.41) is 1.85. The van der Waals surface area contributed by atoms with Crippen LogP contribution in [0.1, 0.15) is 25.8 Å². The van der Waals surface area contributed by atoms with Crippen LogP contribution < -0.4 is 4.84 Å². The fraction of sp³-hybridized carbons (Fsp3) is 0.333. The second-order valence-corrected chi connectivity index (χ2v) is 6.03. The van der Waals surface area contributed by atoms with Crippen LogP contribution in [0.25, 0.3) is 0 Å². The lowest BCUT2D eigenvalue weighted by Crippen LogP contribution is -2.35. The Balaban J connectivity index is 2.10. The van der Waals surface area contributed by atoms with Crippen molar-refractivity contribution in [2.45, 2.75) is 32.3 Å². The number of nitrogens with zero attached hydrogens (tertiary/aromatic N) is 1. The van der Waals surface area contributed by atoms with Gasteiger partial charge < -0.3 is 4.84 Å². The number of hydrogen-bond donors (Lipinski definition) is 0. The van der Waals surface area contributed by atoms with Gasteiger partial charge in [0.15, 0.2) is 0 Å². The summed E-state index contributed by atoms with van der Waals surface area (Å²) in [4.78, 5) is 5.98. The molecule has 0 N–H and O–H groups in total. The Bertz CT molecular complexity index is 474. The van der Waals surface area contributed by atoms with Crippen molar-refractivity contribution in [3.8, 4) is 5.75 Å². The highest BCUT2D eigenvalue weighted by Crippen LogP contribution is 2.21. The van der Waals surface area contributed by atoms with Crippen LogP contribution in [0.2, 0.25) is 0 Å². The van der Waals surface area contributed by atoms with Gasteiger partial charge in [-0.1, -0.05) is 62.4 Å². The van der Waals surface area contributed by atoms with Gasteiger partial charge in [0.05, 0.1) is 6.54 Å². The van der Waals surface area contributed by atoms with Crippen molar-refractivity contribution >= 4 is 11.6 Å². The predicted molar refractivity (Wildman–Crippen MR) is 88.2 cm³/mol. The number of benzene rings is 2. The van der Waals surface area contributed by atoms with E-state index in [1.807, 2.05) is 53.6 Å². The molecule has 0 amide bonds. The lowest BCUT2D eigenvalue weighted by Gasteiger charge is -2.28. The minimum absolute atomic E-state index is 0.162. The topological polar surface area (TPSA) is 12.5 Å². The van der Waals surface area contributed by atoms with Crippen molar-refractivity contribution in [1.82, 2.24) is 5.06 Å². The van der Waals surface area contributed by atoms with Gasteiger partial charge in [-0.15, -0.1) is 16.7 Å². The van der Waals surface area contributed by atoms with E-state index in [9.17, 15) is 0 Å². The summed E-state index contributed by atoms with van der Waals surface area (Å²) in [6, 6.07) is 20.0. The van der Waals surface area contributed by atoms with E-state index in [2.05, 4.69) is 26.0 Å². The summed E-state index contributed by atoms with van der Waals surface area (Å²) < 4.78 is 0. The second-order valence-electron chi connectivity index (χ2n) is 5.53. The number of para-hydroxylation sites is 1. The SMILES string of the molecule is CC(C)CC(Cl)N(Cc1ccccc1)Oc1ccccc1. The van der Waals surface area contributed by atoms with E-state index in [-0.39, 0.29) is 5.50 Å². The first-order valence-electron chi connectivity index (χ1n) is 7.33. The lowest BCUT2D eigenvalue weighted by molar-refractivity contribution is -0.0843. The third kappa shape index (κ3) is 5.41. The summed E-state index contributed by atoms with van der Waals surface area (Å²) in [6.45, 7) is 4.99. The molecule has 21 heavy (non-hydrogen) atoms. The number of hydrogen-bond acceptors (Lipinski definition) is 2. The van der Waals surface area contributed by atoms with Gasteiger partial charge in [-0.25, -0.2) is 0 Å². The van der Waals surface area contributed by atoms with Crippen LogP contribution in [0.5, 0.6) is 5.75 Å². The number of halogens is 1. The third-order valence-corrected chi connectivity index (χ3v) is 3.52. The minimum atomic E-state index is -0.162. The Hall–Kier alpha value is -1.51. The fourth-order valence-electron chi connectivity index (χ4n) is 2.08. The molecule has 0 aliphatic rings. The highest BCUT2D eigenvalue weighted by atomic mass is 35.5. The molecule has 0 aromatic heterocycles. The molecule has 0 radical (unpaired) electrons. The molecular weight excluding hydrogens is 282 g/mol. The van der Waals surface area contributed by atoms with Crippen molar-refractivity contribution < 1.29 is 4.84 Å². The normalized spacial score (nSPS) is 12.6. The maximum absolute atomic E-state index is 6.54. The largest absolute Gasteiger partial charge is 0.404 e. The zero-order valence-electron chi connectivity index (χ0n) is 12.6. The van der Waals surface area contributed by atoms with Crippen LogP contribution >= 0.6 is 11.6 Å². The van der Waals surface area contributed by atoms with Gasteiger partial charge in [0, 0.05) is 0 Å². The van der Waals surface area contributed by atoms with E-state index in [1.165, 1.54) is 5.56 Å². The van der Waals surface area contributed by atoms with E-state index in [0.717, 1.165) is 12.2 Å². The molecule has 0 aliphatic carbocycles. The summed E-state index contributed by atoms with van der Waals surface area (Å²) in [5.41, 5.74) is 1.02. The molecule has 3 heteroatoms. The van der Waals surface area contributed by atoms with E-state index < -0.39 is 0 Å². The molecule has 1 atom stereocenters. The van der Waals surface area contributed by atoms with Crippen LogP contribution in [0.4, 0.5) is 0 Å². The first-order valence-corrected chi connectivity index (χ1v) is 7.76. The Morgan fingerprint density at radius 3 is 2.10 bits per heavy atom. The molecule has 2 aromatic rings. The van der Waals surface area contributed by atoms with Gasteiger partial charge in [-0.3, -0.25) is 0 Å². The molecule has 0 spiro atoms. The summed E-state index contributed by atoms with van der Waals surface area (Å²) >= 11 is 6.54. The average molecular weight is 304 g/mol. The molecule has 0 bridgehead atoms. The highest BCUT2D eigenvalue weighted by molar-refractivity contribution is 6.20. The van der Waals surface area contributed by atoms with Crippen molar-refractivity contribution in [2.24, 2.45) is 5.92 Å². The summed E-state index contributed by atoms with van der Waals surface area (Å²) in [7, 11) is 0. The molecule has 112 valence electrons. The van der Waals surface area contributed by atoms with Crippen molar-refractivity contribution in [3.05, 3.63) is 66.2 Å². The van der Waals surface area contributed by atoms with Crippen molar-refractivity contribution in [1.29, 1.82) is 0 Å². The Morgan fingerprint density at radius 2 is 1.52 bits per heavy atom. The quantitative estimate of drug-likeness (QED) is 0.401. The van der Waals surface area contributed by atoms with Crippen LogP contribution in [0.15, 0.2) is 60.7 Å². The molecule has 0 saturated carbocycles. The molecule has 0 heterocycles. The average Bonchev–Trinajstić information content (AvgIpc) is 2.48.